The van der Waals surface area contributed by atoms with Gasteiger partial charge in [0.25, 0.3) is 11.8 Å². The molecule has 4 N–H and O–H groups in total. The van der Waals surface area contributed by atoms with E-state index in [2.05, 4.69) is 10.4 Å². The van der Waals surface area contributed by atoms with Gasteiger partial charge in [-0.1, -0.05) is 59.1 Å². The Balaban J connectivity index is 1.31. The number of amides is 4. The summed E-state index contributed by atoms with van der Waals surface area (Å²) in [4.78, 5) is 75.2. The van der Waals surface area contributed by atoms with Crippen LogP contribution in [-0.4, -0.2) is 54.9 Å². The molecule has 3 fully saturated rings. The Morgan fingerprint density at radius 1 is 0.914 bits per heavy atom. The highest BCUT2D eigenvalue weighted by Crippen LogP contribution is 2.64. The number of aromatic hydroxyl groups is 2. The fraction of sp³-hybridized carbons (Fsp3) is 0.268. The number of allylic oxidation sites excluding steroid dienone is 2. The summed E-state index contributed by atoms with van der Waals surface area (Å²) in [5, 5.41) is 31.2. The van der Waals surface area contributed by atoms with Gasteiger partial charge in [-0.2, -0.15) is 18.2 Å². The predicted octanol–water partition coefficient (Wildman–Crippen LogP) is 7.32. The molecule has 4 aromatic rings. The van der Waals surface area contributed by atoms with Gasteiger partial charge < -0.3 is 15.3 Å². The van der Waals surface area contributed by atoms with E-state index < -0.39 is 98.5 Å². The van der Waals surface area contributed by atoms with Crippen LogP contribution in [-0.2, 0) is 30.8 Å². The first-order chi connectivity index (χ1) is 27.4. The number of halogens is 5. The molecule has 0 spiro atoms. The minimum atomic E-state index is -4.78. The van der Waals surface area contributed by atoms with Crippen molar-refractivity contribution in [1.82, 2.24) is 9.99 Å². The largest absolute Gasteiger partial charge is 0.507 e. The van der Waals surface area contributed by atoms with Crippen molar-refractivity contribution in [2.45, 2.75) is 44.2 Å². The van der Waals surface area contributed by atoms with Crippen LogP contribution in [0.5, 0.6) is 11.5 Å². The number of nitrogens with zero attached hydrogens (tertiary/aromatic N) is 3. The molecule has 4 aliphatic rings. The summed E-state index contributed by atoms with van der Waals surface area (Å²) in [6, 6.07) is 13.6. The number of anilines is 2. The van der Waals surface area contributed by atoms with Crippen molar-refractivity contribution < 1.29 is 52.5 Å². The third kappa shape index (κ3) is 5.73. The number of carbonyl (C=O) groups is 5. The molecule has 2 aliphatic carbocycles. The number of pyridine rings is 1. The molecule has 1 aromatic heterocycles. The lowest BCUT2D eigenvalue weighted by molar-refractivity contribution is -0.139. The highest BCUT2D eigenvalue weighted by Gasteiger charge is 2.70. The maximum absolute atomic E-state index is 15.4. The summed E-state index contributed by atoms with van der Waals surface area (Å²) >= 11 is 12.6. The number of carbonyl (C=O) groups excluding carboxylic acids is 4. The highest BCUT2D eigenvalue weighted by atomic mass is 35.5. The first-order valence-corrected chi connectivity index (χ1v) is 18.7. The molecule has 2 aliphatic heterocycles. The maximum Gasteiger partial charge on any atom is 0.417 e. The van der Waals surface area contributed by atoms with Crippen LogP contribution in [0.1, 0.15) is 56.9 Å². The monoisotopic (exact) mass is 834 g/mol. The summed E-state index contributed by atoms with van der Waals surface area (Å²) in [6.45, 7) is 3.33. The van der Waals surface area contributed by atoms with E-state index >= 15 is 4.79 Å². The molecule has 8 rings (SSSR count). The summed E-state index contributed by atoms with van der Waals surface area (Å²) < 4.78 is 40.5. The van der Waals surface area contributed by atoms with Gasteiger partial charge in [-0.3, -0.25) is 24.6 Å². The van der Waals surface area contributed by atoms with Gasteiger partial charge in [-0.05, 0) is 85.2 Å². The number of carboxylic acids is 1. The number of fused-ring (bicyclic) bond motifs is 4. The molecule has 298 valence electrons. The van der Waals surface area contributed by atoms with Crippen molar-refractivity contribution in [2.24, 2.45) is 23.7 Å². The smallest absolute Gasteiger partial charge is 0.417 e. The number of rotatable bonds is 6. The Hall–Kier alpha value is -5.93. The SMILES string of the molecule is Cc1cc([C@H]2C3=CC[C@@H]4C(=O)N(c5ccc(C(=O)O)c(O)c5)C(=O)[C@@H]4[C@@H]3C[C@H]3C(=O)N(Nc4ncc(C(F)(F)F)cc4Cl)C(=O)[C@@]23c2ccc(Cl)cc2)cc(C)c1O. The van der Waals surface area contributed by atoms with Gasteiger partial charge in [0.1, 0.15) is 17.1 Å². The number of aromatic carboxylic acids is 1. The Bertz CT molecular complexity index is 2510. The molecule has 2 saturated heterocycles. The van der Waals surface area contributed by atoms with E-state index in [1.54, 1.807) is 56.3 Å². The number of hydrogen-bond acceptors (Lipinski definition) is 9. The van der Waals surface area contributed by atoms with E-state index in [9.17, 15) is 47.7 Å². The number of carboxylic acid groups (broad SMARTS) is 1. The van der Waals surface area contributed by atoms with Crippen LogP contribution in [0.25, 0.3) is 0 Å². The molecule has 6 atom stereocenters. The van der Waals surface area contributed by atoms with Gasteiger partial charge in [0.05, 0.1) is 39.4 Å². The number of phenols is 2. The van der Waals surface area contributed by atoms with Gasteiger partial charge in [-0.15, -0.1) is 0 Å². The van der Waals surface area contributed by atoms with Crippen molar-refractivity contribution in [3.8, 4) is 11.5 Å². The summed E-state index contributed by atoms with van der Waals surface area (Å²) in [7, 11) is 0. The number of alkyl halides is 3. The molecular formula is C41H31Cl2F3N4O8. The van der Waals surface area contributed by atoms with E-state index in [4.69, 9.17) is 23.2 Å². The number of hydrogen-bond donors (Lipinski definition) is 4. The zero-order valence-electron chi connectivity index (χ0n) is 30.3. The highest BCUT2D eigenvalue weighted by molar-refractivity contribution is 6.33. The average molecular weight is 836 g/mol. The Labute approximate surface area is 337 Å². The fourth-order valence-corrected chi connectivity index (χ4v) is 9.74. The second-order valence-corrected chi connectivity index (χ2v) is 15.8. The zero-order chi connectivity index (χ0) is 41.7. The molecule has 58 heavy (non-hydrogen) atoms. The molecule has 0 radical (unpaired) electrons. The normalized spacial score (nSPS) is 25.4. The topological polar surface area (TPSA) is 177 Å². The molecule has 12 nitrogen and oxygen atoms in total. The second kappa shape index (κ2) is 13.6. The third-order valence-electron chi connectivity index (χ3n) is 11.9. The van der Waals surface area contributed by atoms with Crippen LogP contribution in [0.2, 0.25) is 10.0 Å². The van der Waals surface area contributed by atoms with E-state index in [0.717, 1.165) is 17.0 Å². The second-order valence-electron chi connectivity index (χ2n) is 14.9. The Kier molecular flexibility index (Phi) is 9.12. The third-order valence-corrected chi connectivity index (χ3v) is 12.4. The van der Waals surface area contributed by atoms with Crippen LogP contribution in [0, 0.1) is 37.5 Å². The van der Waals surface area contributed by atoms with Crippen LogP contribution < -0.4 is 10.3 Å². The van der Waals surface area contributed by atoms with Crippen molar-refractivity contribution >= 4 is 64.3 Å². The quantitative estimate of drug-likeness (QED) is 0.114. The van der Waals surface area contributed by atoms with E-state index in [-0.39, 0.29) is 24.3 Å². The predicted molar refractivity (Wildman–Crippen MR) is 202 cm³/mol. The number of aromatic nitrogens is 1. The maximum atomic E-state index is 15.4. The van der Waals surface area contributed by atoms with Gasteiger partial charge in [0.2, 0.25) is 11.8 Å². The van der Waals surface area contributed by atoms with Gasteiger partial charge in [0.15, 0.2) is 5.82 Å². The van der Waals surface area contributed by atoms with Gasteiger partial charge in [0, 0.05) is 23.2 Å². The molecule has 0 bridgehead atoms. The molecule has 0 unspecified atom stereocenters. The summed E-state index contributed by atoms with van der Waals surface area (Å²) in [5.41, 5.74) is 1.47. The Morgan fingerprint density at radius 3 is 2.19 bits per heavy atom. The zero-order valence-corrected chi connectivity index (χ0v) is 31.9. The van der Waals surface area contributed by atoms with Crippen molar-refractivity contribution in [1.29, 1.82) is 0 Å². The van der Waals surface area contributed by atoms with Crippen molar-refractivity contribution in [3.63, 3.8) is 0 Å². The van der Waals surface area contributed by atoms with E-state index in [1.807, 2.05) is 0 Å². The first-order valence-electron chi connectivity index (χ1n) is 17.9. The first kappa shape index (κ1) is 38.9. The van der Waals surface area contributed by atoms with Crippen molar-refractivity contribution in [2.75, 3.05) is 10.3 Å². The van der Waals surface area contributed by atoms with Crippen LogP contribution in [0.4, 0.5) is 24.7 Å². The lowest BCUT2D eigenvalue weighted by Gasteiger charge is -2.50. The lowest BCUT2D eigenvalue weighted by Crippen LogP contribution is -2.53. The lowest BCUT2D eigenvalue weighted by atomic mass is 9.49. The number of phenolic OH excluding ortho intramolecular Hbond substituents is 1. The Morgan fingerprint density at radius 2 is 1.59 bits per heavy atom. The molecule has 3 heterocycles. The number of aryl methyl sites for hydroxylation is 2. The van der Waals surface area contributed by atoms with E-state index in [0.29, 0.717) is 50.1 Å². The molecule has 17 heteroatoms. The average Bonchev–Trinajstić information content (AvgIpc) is 3.54. The van der Waals surface area contributed by atoms with Crippen molar-refractivity contribution in [3.05, 3.63) is 122 Å². The van der Waals surface area contributed by atoms with Crippen LogP contribution in [0.15, 0.2) is 78.5 Å². The standard InChI is InChI=1S/C41H31Cl2F3N4O8/c1-17-11-19(12-18(2)33(17)52)32-24-9-10-26-31(37(55)49(35(26)53)23-7-8-25(38(56)57)30(51)14-23)27(24)15-28-36(54)50(39(58)40(28,32)20-3-5-22(42)6-4-20)48-34-29(43)13-21(16-47-34)41(44,45)46/h3-9,11-14,16,26-28,31-32,51-52H,10,15H2,1-2H3,(H,47,48)(H,56,57)/t26-,27+,28-,31-,32-,40+/m0/s1. The number of hydrazine groups is 1. The van der Waals surface area contributed by atoms with E-state index in [1.165, 1.54) is 6.07 Å². The molecule has 3 aromatic carbocycles. The molecular weight excluding hydrogens is 804 g/mol. The minimum absolute atomic E-state index is 0.00425. The number of benzene rings is 3. The van der Waals surface area contributed by atoms with Crippen LogP contribution >= 0.6 is 23.2 Å². The fourth-order valence-electron chi connectivity index (χ4n) is 9.41. The van der Waals surface area contributed by atoms with Gasteiger partial charge in [-0.25, -0.2) is 14.7 Å². The molecule has 4 amide bonds. The molecule has 1 saturated carbocycles. The van der Waals surface area contributed by atoms with Gasteiger partial charge >= 0.3 is 12.1 Å². The van der Waals surface area contributed by atoms with Crippen LogP contribution in [0.3, 0.4) is 0 Å². The number of nitrogens with one attached hydrogen (secondary N) is 1. The minimum Gasteiger partial charge on any atom is -0.507 e. The summed E-state index contributed by atoms with van der Waals surface area (Å²) in [5.74, 6) is -10.5. The number of imide groups is 2. The summed E-state index contributed by atoms with van der Waals surface area (Å²) in [6.07, 6.45) is -2.58.